The summed E-state index contributed by atoms with van der Waals surface area (Å²) in [7, 11) is 0. The van der Waals surface area contributed by atoms with Gasteiger partial charge in [-0.2, -0.15) is 5.10 Å². The molecule has 2 amide bonds. The molecule has 0 radical (unpaired) electrons. The van der Waals surface area contributed by atoms with Crippen molar-refractivity contribution in [2.75, 3.05) is 26.2 Å². The van der Waals surface area contributed by atoms with Crippen molar-refractivity contribution in [2.24, 2.45) is 5.10 Å². The summed E-state index contributed by atoms with van der Waals surface area (Å²) in [5.74, 6) is -0.318. The fraction of sp³-hybridized carbons (Fsp3) is 0.727. The number of rotatable bonds is 6. The van der Waals surface area contributed by atoms with Crippen molar-refractivity contribution in [3.63, 3.8) is 0 Å². The van der Waals surface area contributed by atoms with E-state index in [0.29, 0.717) is 25.1 Å². The van der Waals surface area contributed by atoms with Crippen molar-refractivity contribution in [3.05, 3.63) is 0 Å². The van der Waals surface area contributed by atoms with E-state index in [0.717, 1.165) is 19.6 Å². The van der Waals surface area contributed by atoms with E-state index in [9.17, 15) is 9.59 Å². The van der Waals surface area contributed by atoms with Crippen LogP contribution in [0.4, 0.5) is 0 Å². The number of likely N-dealkylation sites (N-methyl/N-ethyl adjacent to an activating group) is 1. The first kappa shape index (κ1) is 13.6. The van der Waals surface area contributed by atoms with Crippen molar-refractivity contribution >= 4 is 17.5 Å². The Labute approximate surface area is 101 Å². The van der Waals surface area contributed by atoms with E-state index < -0.39 is 0 Å². The quantitative estimate of drug-likeness (QED) is 0.670. The van der Waals surface area contributed by atoms with E-state index in [-0.39, 0.29) is 11.8 Å². The van der Waals surface area contributed by atoms with Gasteiger partial charge >= 0.3 is 0 Å². The van der Waals surface area contributed by atoms with Crippen molar-refractivity contribution in [1.82, 2.24) is 15.6 Å². The van der Waals surface area contributed by atoms with E-state index in [4.69, 9.17) is 0 Å². The SMILES string of the molecule is CCN(CC)CCNC(=O)C1=NNC(=O)CC1. The maximum absolute atomic E-state index is 11.7. The molecule has 1 aliphatic heterocycles. The molecule has 1 heterocycles. The molecule has 6 nitrogen and oxygen atoms in total. The molecule has 0 aliphatic carbocycles. The molecule has 0 spiro atoms. The van der Waals surface area contributed by atoms with E-state index >= 15 is 0 Å². The number of carbonyl (C=O) groups is 2. The molecular formula is C11H20N4O2. The number of hydrogen-bond donors (Lipinski definition) is 2. The highest BCUT2D eigenvalue weighted by molar-refractivity contribution is 6.39. The fourth-order valence-electron chi connectivity index (χ4n) is 1.61. The molecule has 1 rings (SSSR count). The van der Waals surface area contributed by atoms with Crippen LogP contribution < -0.4 is 10.7 Å². The molecule has 0 bridgehead atoms. The Bertz CT molecular complexity index is 311. The standard InChI is InChI=1S/C11H20N4O2/c1-3-15(4-2)8-7-12-11(17)9-5-6-10(16)14-13-9/h3-8H2,1-2H3,(H,12,17)(H,14,16). The zero-order valence-corrected chi connectivity index (χ0v) is 10.5. The van der Waals surface area contributed by atoms with Gasteiger partial charge in [-0.25, -0.2) is 5.43 Å². The predicted octanol–water partition coefficient (Wildman–Crippen LogP) is -0.290. The van der Waals surface area contributed by atoms with Crippen LogP contribution in [0.1, 0.15) is 26.7 Å². The summed E-state index contributed by atoms with van der Waals surface area (Å²) in [4.78, 5) is 24.7. The van der Waals surface area contributed by atoms with Gasteiger partial charge in [0.05, 0.1) is 0 Å². The van der Waals surface area contributed by atoms with Gasteiger partial charge in [0.15, 0.2) is 0 Å². The number of hydrazone groups is 1. The van der Waals surface area contributed by atoms with Crippen LogP contribution >= 0.6 is 0 Å². The highest BCUT2D eigenvalue weighted by Crippen LogP contribution is 1.99. The molecule has 2 N–H and O–H groups in total. The Balaban J connectivity index is 2.28. The number of hydrogen-bond acceptors (Lipinski definition) is 4. The average molecular weight is 240 g/mol. The molecular weight excluding hydrogens is 220 g/mol. The number of amides is 2. The van der Waals surface area contributed by atoms with Gasteiger partial charge in [0.25, 0.3) is 5.91 Å². The fourth-order valence-corrected chi connectivity index (χ4v) is 1.61. The van der Waals surface area contributed by atoms with Gasteiger partial charge in [-0.05, 0) is 13.1 Å². The van der Waals surface area contributed by atoms with Crippen LogP contribution in [0.2, 0.25) is 0 Å². The highest BCUT2D eigenvalue weighted by Gasteiger charge is 2.17. The molecule has 6 heteroatoms. The zero-order valence-electron chi connectivity index (χ0n) is 10.5. The number of carbonyl (C=O) groups excluding carboxylic acids is 2. The normalized spacial score (nSPS) is 15.5. The number of nitrogens with one attached hydrogen (secondary N) is 2. The van der Waals surface area contributed by atoms with Crippen LogP contribution in [0.3, 0.4) is 0 Å². The molecule has 0 saturated heterocycles. The van der Waals surface area contributed by atoms with Gasteiger partial charge in [-0.1, -0.05) is 13.8 Å². The minimum Gasteiger partial charge on any atom is -0.350 e. The molecule has 17 heavy (non-hydrogen) atoms. The Morgan fingerprint density at radius 3 is 2.65 bits per heavy atom. The van der Waals surface area contributed by atoms with Crippen LogP contribution in [0.5, 0.6) is 0 Å². The largest absolute Gasteiger partial charge is 0.350 e. The van der Waals surface area contributed by atoms with Crippen molar-refractivity contribution in [1.29, 1.82) is 0 Å². The first-order chi connectivity index (χ1) is 8.17. The van der Waals surface area contributed by atoms with Gasteiger partial charge in [0.2, 0.25) is 5.91 Å². The van der Waals surface area contributed by atoms with Crippen LogP contribution in [0.25, 0.3) is 0 Å². The van der Waals surface area contributed by atoms with E-state index in [1.807, 2.05) is 0 Å². The summed E-state index contributed by atoms with van der Waals surface area (Å²) in [5, 5.41) is 6.54. The Hall–Kier alpha value is -1.43. The topological polar surface area (TPSA) is 73.8 Å². The third kappa shape index (κ3) is 4.52. The Kier molecular flexibility index (Phi) is 5.62. The molecule has 0 fully saturated rings. The summed E-state index contributed by atoms with van der Waals surface area (Å²) in [6.45, 7) is 7.57. The lowest BCUT2D eigenvalue weighted by molar-refractivity contribution is -0.121. The lowest BCUT2D eigenvalue weighted by Crippen LogP contribution is -2.40. The molecule has 1 aliphatic rings. The van der Waals surface area contributed by atoms with Gasteiger partial charge in [-0.15, -0.1) is 0 Å². The molecule has 0 aromatic heterocycles. The maximum Gasteiger partial charge on any atom is 0.267 e. The second kappa shape index (κ2) is 7.01. The second-order valence-corrected chi connectivity index (χ2v) is 3.88. The molecule has 0 unspecified atom stereocenters. The summed E-state index contributed by atoms with van der Waals surface area (Å²) in [6.07, 6.45) is 0.755. The lowest BCUT2D eigenvalue weighted by atomic mass is 10.1. The monoisotopic (exact) mass is 240 g/mol. The Morgan fingerprint density at radius 2 is 2.12 bits per heavy atom. The van der Waals surface area contributed by atoms with Gasteiger partial charge in [0.1, 0.15) is 5.71 Å². The van der Waals surface area contributed by atoms with E-state index in [1.165, 1.54) is 0 Å². The zero-order chi connectivity index (χ0) is 12.7. The summed E-state index contributed by atoms with van der Waals surface area (Å²) in [5.41, 5.74) is 2.72. The number of nitrogens with zero attached hydrogens (tertiary/aromatic N) is 2. The Morgan fingerprint density at radius 1 is 1.41 bits per heavy atom. The van der Waals surface area contributed by atoms with Gasteiger partial charge in [0, 0.05) is 25.9 Å². The van der Waals surface area contributed by atoms with Crippen LogP contribution in [-0.4, -0.2) is 48.6 Å². The van der Waals surface area contributed by atoms with Crippen LogP contribution in [0.15, 0.2) is 5.10 Å². The van der Waals surface area contributed by atoms with Crippen molar-refractivity contribution in [3.8, 4) is 0 Å². The third-order valence-corrected chi connectivity index (χ3v) is 2.77. The molecule has 0 saturated carbocycles. The lowest BCUT2D eigenvalue weighted by Gasteiger charge is -2.18. The smallest absolute Gasteiger partial charge is 0.267 e. The predicted molar refractivity (Wildman–Crippen MR) is 65.6 cm³/mol. The minimum absolute atomic E-state index is 0.135. The summed E-state index contributed by atoms with van der Waals surface area (Å²) < 4.78 is 0. The van der Waals surface area contributed by atoms with Gasteiger partial charge < -0.3 is 10.2 Å². The first-order valence-electron chi connectivity index (χ1n) is 6.03. The van der Waals surface area contributed by atoms with Crippen molar-refractivity contribution < 1.29 is 9.59 Å². The molecule has 96 valence electrons. The third-order valence-electron chi connectivity index (χ3n) is 2.77. The molecule has 0 aromatic rings. The summed E-state index contributed by atoms with van der Waals surface area (Å²) >= 11 is 0. The summed E-state index contributed by atoms with van der Waals surface area (Å²) in [6, 6.07) is 0. The van der Waals surface area contributed by atoms with E-state index in [1.54, 1.807) is 0 Å². The maximum atomic E-state index is 11.7. The minimum atomic E-state index is -0.183. The second-order valence-electron chi connectivity index (χ2n) is 3.88. The average Bonchev–Trinajstić information content (AvgIpc) is 2.35. The first-order valence-corrected chi connectivity index (χ1v) is 6.03. The molecule has 0 atom stereocenters. The van der Waals surface area contributed by atoms with Crippen LogP contribution in [0, 0.1) is 0 Å². The van der Waals surface area contributed by atoms with Crippen LogP contribution in [-0.2, 0) is 9.59 Å². The van der Waals surface area contributed by atoms with Gasteiger partial charge in [-0.3, -0.25) is 9.59 Å². The molecule has 0 aromatic carbocycles. The van der Waals surface area contributed by atoms with Crippen molar-refractivity contribution in [2.45, 2.75) is 26.7 Å². The van der Waals surface area contributed by atoms with E-state index in [2.05, 4.69) is 34.6 Å². The highest BCUT2D eigenvalue weighted by atomic mass is 16.2.